The predicted molar refractivity (Wildman–Crippen MR) is 85.3 cm³/mol. The second-order valence-electron chi connectivity index (χ2n) is 6.24. The SMILES string of the molecule is NC1CCN(C(=O)[C@@H](c2ccccc2F)N2CCOCC2)CC1. The summed E-state index contributed by atoms with van der Waals surface area (Å²) >= 11 is 0. The number of amides is 1. The van der Waals surface area contributed by atoms with Gasteiger partial charge in [-0.2, -0.15) is 0 Å². The number of nitrogens with zero attached hydrogens (tertiary/aromatic N) is 2. The summed E-state index contributed by atoms with van der Waals surface area (Å²) in [5.41, 5.74) is 6.38. The summed E-state index contributed by atoms with van der Waals surface area (Å²) in [6.07, 6.45) is 1.61. The maximum Gasteiger partial charge on any atom is 0.244 e. The highest BCUT2D eigenvalue weighted by Crippen LogP contribution is 2.27. The number of halogens is 1. The molecule has 0 bridgehead atoms. The number of hydrogen-bond donors (Lipinski definition) is 1. The van der Waals surface area contributed by atoms with Crippen LogP contribution in [0, 0.1) is 5.82 Å². The van der Waals surface area contributed by atoms with Crippen LogP contribution >= 0.6 is 0 Å². The Bertz CT molecular complexity index is 540. The number of piperidine rings is 1. The zero-order valence-electron chi connectivity index (χ0n) is 13.3. The fourth-order valence-corrected chi connectivity index (χ4v) is 3.31. The van der Waals surface area contributed by atoms with Crippen molar-refractivity contribution in [3.8, 4) is 0 Å². The third-order valence-electron chi connectivity index (χ3n) is 4.70. The molecule has 0 aromatic heterocycles. The molecule has 2 aliphatic heterocycles. The molecule has 0 unspecified atom stereocenters. The van der Waals surface area contributed by atoms with Crippen molar-refractivity contribution in [2.75, 3.05) is 39.4 Å². The number of morpholine rings is 1. The molecular formula is C17H24FN3O2. The molecule has 23 heavy (non-hydrogen) atoms. The third kappa shape index (κ3) is 3.71. The fourth-order valence-electron chi connectivity index (χ4n) is 3.31. The van der Waals surface area contributed by atoms with Gasteiger partial charge in [0, 0.05) is 37.8 Å². The van der Waals surface area contributed by atoms with Crippen LogP contribution in [0.4, 0.5) is 4.39 Å². The van der Waals surface area contributed by atoms with E-state index in [9.17, 15) is 9.18 Å². The number of carbonyl (C=O) groups is 1. The number of carbonyl (C=O) groups excluding carboxylic acids is 1. The minimum absolute atomic E-state index is 0.0242. The zero-order valence-corrected chi connectivity index (χ0v) is 13.3. The van der Waals surface area contributed by atoms with Gasteiger partial charge in [0.1, 0.15) is 11.9 Å². The van der Waals surface area contributed by atoms with Gasteiger partial charge in [0.05, 0.1) is 13.2 Å². The maximum absolute atomic E-state index is 14.3. The Morgan fingerprint density at radius 1 is 1.17 bits per heavy atom. The number of ether oxygens (including phenoxy) is 1. The highest BCUT2D eigenvalue weighted by molar-refractivity contribution is 5.83. The van der Waals surface area contributed by atoms with E-state index in [1.807, 2.05) is 9.80 Å². The first-order valence-electron chi connectivity index (χ1n) is 8.27. The van der Waals surface area contributed by atoms with Crippen molar-refractivity contribution in [2.24, 2.45) is 5.73 Å². The lowest BCUT2D eigenvalue weighted by Gasteiger charge is -2.38. The standard InChI is InChI=1S/C17H24FN3O2/c18-15-4-2-1-3-14(15)16(20-9-11-23-12-10-20)17(22)21-7-5-13(19)6-8-21/h1-4,13,16H,5-12,19H2/t16-/m1/s1. The first kappa shape index (κ1) is 16.4. The minimum Gasteiger partial charge on any atom is -0.379 e. The summed E-state index contributed by atoms with van der Waals surface area (Å²) in [5, 5.41) is 0. The quantitative estimate of drug-likeness (QED) is 0.907. The molecule has 126 valence electrons. The summed E-state index contributed by atoms with van der Waals surface area (Å²) in [4.78, 5) is 16.9. The van der Waals surface area contributed by atoms with Gasteiger partial charge in [0.25, 0.3) is 0 Å². The molecule has 1 amide bonds. The summed E-state index contributed by atoms with van der Waals surface area (Å²) in [6, 6.07) is 6.15. The molecule has 1 atom stereocenters. The second kappa shape index (κ2) is 7.38. The van der Waals surface area contributed by atoms with E-state index in [0.717, 1.165) is 12.8 Å². The van der Waals surface area contributed by atoms with Gasteiger partial charge >= 0.3 is 0 Å². The molecule has 0 spiro atoms. The van der Waals surface area contributed by atoms with Crippen molar-refractivity contribution in [1.82, 2.24) is 9.80 Å². The molecule has 1 aromatic rings. The molecule has 2 fully saturated rings. The van der Waals surface area contributed by atoms with Gasteiger partial charge in [-0.3, -0.25) is 9.69 Å². The van der Waals surface area contributed by atoms with Gasteiger partial charge in [0.2, 0.25) is 5.91 Å². The number of nitrogens with two attached hydrogens (primary N) is 1. The van der Waals surface area contributed by atoms with E-state index in [1.54, 1.807) is 18.2 Å². The van der Waals surface area contributed by atoms with Crippen molar-refractivity contribution >= 4 is 5.91 Å². The average molecular weight is 321 g/mol. The lowest BCUT2D eigenvalue weighted by molar-refractivity contribution is -0.140. The van der Waals surface area contributed by atoms with Crippen LogP contribution in [0.1, 0.15) is 24.4 Å². The van der Waals surface area contributed by atoms with Crippen LogP contribution in [-0.2, 0) is 9.53 Å². The van der Waals surface area contributed by atoms with Crippen LogP contribution < -0.4 is 5.73 Å². The highest BCUT2D eigenvalue weighted by Gasteiger charge is 2.35. The van der Waals surface area contributed by atoms with Gasteiger partial charge in [0.15, 0.2) is 0 Å². The Kier molecular flexibility index (Phi) is 5.25. The average Bonchev–Trinajstić information content (AvgIpc) is 2.58. The third-order valence-corrected chi connectivity index (χ3v) is 4.70. The number of rotatable bonds is 3. The zero-order chi connectivity index (χ0) is 16.2. The normalized spacial score (nSPS) is 22.1. The minimum atomic E-state index is -0.575. The molecule has 2 saturated heterocycles. The van der Waals surface area contributed by atoms with Crippen LogP contribution in [0.3, 0.4) is 0 Å². The molecule has 3 rings (SSSR count). The molecule has 0 radical (unpaired) electrons. The van der Waals surface area contributed by atoms with Crippen LogP contribution in [-0.4, -0.2) is 61.1 Å². The largest absolute Gasteiger partial charge is 0.379 e. The van der Waals surface area contributed by atoms with Gasteiger partial charge in [-0.15, -0.1) is 0 Å². The Labute approximate surface area is 136 Å². The maximum atomic E-state index is 14.3. The Morgan fingerprint density at radius 3 is 2.48 bits per heavy atom. The lowest BCUT2D eigenvalue weighted by Crippen LogP contribution is -2.50. The monoisotopic (exact) mass is 321 g/mol. The summed E-state index contributed by atoms with van der Waals surface area (Å²) in [6.45, 7) is 3.72. The molecular weight excluding hydrogens is 297 g/mol. The van der Waals surface area contributed by atoms with E-state index >= 15 is 0 Å². The fraction of sp³-hybridized carbons (Fsp3) is 0.588. The Hall–Kier alpha value is -1.50. The number of hydrogen-bond acceptors (Lipinski definition) is 4. The van der Waals surface area contributed by atoms with Crippen molar-refractivity contribution in [1.29, 1.82) is 0 Å². The Morgan fingerprint density at radius 2 is 1.83 bits per heavy atom. The topological polar surface area (TPSA) is 58.8 Å². The van der Waals surface area contributed by atoms with E-state index < -0.39 is 6.04 Å². The van der Waals surface area contributed by atoms with E-state index in [1.165, 1.54) is 6.07 Å². The molecule has 2 heterocycles. The lowest BCUT2D eigenvalue weighted by atomic mass is 10.00. The van der Waals surface area contributed by atoms with E-state index in [0.29, 0.717) is 45.0 Å². The number of likely N-dealkylation sites (tertiary alicyclic amines) is 1. The van der Waals surface area contributed by atoms with Crippen LogP contribution in [0.5, 0.6) is 0 Å². The molecule has 1 aromatic carbocycles. The molecule has 6 heteroatoms. The van der Waals surface area contributed by atoms with Crippen molar-refractivity contribution in [2.45, 2.75) is 24.9 Å². The number of benzene rings is 1. The molecule has 0 aliphatic carbocycles. The van der Waals surface area contributed by atoms with Crippen molar-refractivity contribution in [3.63, 3.8) is 0 Å². The molecule has 2 aliphatic rings. The highest BCUT2D eigenvalue weighted by atomic mass is 19.1. The van der Waals surface area contributed by atoms with Gasteiger partial charge in [-0.25, -0.2) is 4.39 Å². The van der Waals surface area contributed by atoms with E-state index in [2.05, 4.69) is 0 Å². The van der Waals surface area contributed by atoms with Crippen molar-refractivity contribution in [3.05, 3.63) is 35.6 Å². The second-order valence-corrected chi connectivity index (χ2v) is 6.24. The van der Waals surface area contributed by atoms with Gasteiger partial charge in [-0.1, -0.05) is 18.2 Å². The summed E-state index contributed by atoms with van der Waals surface area (Å²) in [5.74, 6) is -0.352. The van der Waals surface area contributed by atoms with Crippen LogP contribution in [0.25, 0.3) is 0 Å². The van der Waals surface area contributed by atoms with Gasteiger partial charge in [-0.05, 0) is 18.9 Å². The molecule has 5 nitrogen and oxygen atoms in total. The molecule has 0 saturated carbocycles. The smallest absolute Gasteiger partial charge is 0.244 e. The van der Waals surface area contributed by atoms with Crippen LogP contribution in [0.2, 0.25) is 0 Å². The summed E-state index contributed by atoms with van der Waals surface area (Å²) < 4.78 is 19.7. The Balaban J connectivity index is 1.85. The van der Waals surface area contributed by atoms with Crippen molar-refractivity contribution < 1.29 is 13.9 Å². The summed E-state index contributed by atoms with van der Waals surface area (Å²) in [7, 11) is 0. The van der Waals surface area contributed by atoms with Crippen LogP contribution in [0.15, 0.2) is 24.3 Å². The van der Waals surface area contributed by atoms with E-state index in [4.69, 9.17) is 10.5 Å². The first-order valence-corrected chi connectivity index (χ1v) is 8.27. The van der Waals surface area contributed by atoms with E-state index in [-0.39, 0.29) is 17.8 Å². The molecule has 2 N–H and O–H groups in total. The predicted octanol–water partition coefficient (Wildman–Crippen LogP) is 1.15. The van der Waals surface area contributed by atoms with Gasteiger partial charge < -0.3 is 15.4 Å². The first-order chi connectivity index (χ1) is 11.2.